The maximum Gasteiger partial charge on any atom is 0.253 e. The van der Waals surface area contributed by atoms with Crippen LogP contribution in [0.3, 0.4) is 0 Å². The molecule has 0 N–H and O–H groups in total. The Kier molecular flexibility index (Phi) is 5.15. The summed E-state index contributed by atoms with van der Waals surface area (Å²) in [6, 6.07) is 5.16. The number of sulfonamides is 1. The van der Waals surface area contributed by atoms with Crippen molar-refractivity contribution in [3.05, 3.63) is 29.3 Å². The molecule has 160 valence electrons. The van der Waals surface area contributed by atoms with Crippen LogP contribution in [0.15, 0.2) is 18.2 Å². The van der Waals surface area contributed by atoms with Crippen molar-refractivity contribution < 1.29 is 21.6 Å². The molecule has 1 aromatic carbocycles. The maximum absolute atomic E-state index is 13.0. The van der Waals surface area contributed by atoms with E-state index in [1.165, 1.54) is 10.6 Å². The van der Waals surface area contributed by atoms with Crippen LogP contribution in [-0.2, 0) is 26.3 Å². The average molecular weight is 442 g/mol. The summed E-state index contributed by atoms with van der Waals surface area (Å²) in [6.45, 7) is 4.35. The second kappa shape index (κ2) is 7.24. The van der Waals surface area contributed by atoms with Crippen molar-refractivity contribution in [3.8, 4) is 0 Å². The third kappa shape index (κ3) is 4.02. The molecule has 0 aliphatic carbocycles. The van der Waals surface area contributed by atoms with Crippen LogP contribution in [-0.4, -0.2) is 88.6 Å². The first-order valence-electron chi connectivity index (χ1n) is 9.91. The molecule has 1 aromatic rings. The third-order valence-electron chi connectivity index (χ3n) is 6.16. The van der Waals surface area contributed by atoms with E-state index in [2.05, 4.69) is 4.90 Å². The molecule has 2 saturated heterocycles. The number of hydrogen-bond acceptors (Lipinski definition) is 6. The summed E-state index contributed by atoms with van der Waals surface area (Å²) in [5.41, 5.74) is 2.11. The second-order valence-electron chi connectivity index (χ2n) is 8.34. The molecule has 1 amide bonds. The van der Waals surface area contributed by atoms with E-state index in [0.717, 1.165) is 5.56 Å². The molecule has 10 heteroatoms. The Hall–Kier alpha value is -1.65. The van der Waals surface area contributed by atoms with Crippen LogP contribution >= 0.6 is 0 Å². The van der Waals surface area contributed by atoms with Crippen LogP contribution in [0.1, 0.15) is 29.3 Å². The van der Waals surface area contributed by atoms with Crippen molar-refractivity contribution in [1.82, 2.24) is 9.80 Å². The highest BCUT2D eigenvalue weighted by Gasteiger charge is 2.35. The van der Waals surface area contributed by atoms with Crippen molar-refractivity contribution in [1.29, 1.82) is 0 Å². The van der Waals surface area contributed by atoms with Crippen LogP contribution in [0.4, 0.5) is 5.69 Å². The number of carbonyl (C=O) groups excluding carboxylic acids is 1. The van der Waals surface area contributed by atoms with Gasteiger partial charge in [0.1, 0.15) is 0 Å². The van der Waals surface area contributed by atoms with E-state index in [1.54, 1.807) is 17.0 Å². The summed E-state index contributed by atoms with van der Waals surface area (Å²) in [6.07, 6.45) is 2.47. The van der Waals surface area contributed by atoms with Crippen LogP contribution in [0.25, 0.3) is 0 Å². The van der Waals surface area contributed by atoms with E-state index >= 15 is 0 Å². The quantitative estimate of drug-likeness (QED) is 0.671. The standard InChI is InChI=1S/C19H27N3O5S2/c1-14-11-16-12-15(3-4-18(16)22(14)28(2,24)25)19(23)21-8-6-20(7-9-21)17-5-10-29(26,27)13-17/h3-4,12,14,17H,5-11,13H2,1-2H3/t14-,17+/m1/s1. The molecular formula is C19H27N3O5S2. The van der Waals surface area contributed by atoms with Crippen molar-refractivity contribution >= 4 is 31.5 Å². The van der Waals surface area contributed by atoms with E-state index in [4.69, 9.17) is 0 Å². The molecule has 3 heterocycles. The molecule has 0 spiro atoms. The number of sulfone groups is 1. The number of carbonyl (C=O) groups is 1. The fraction of sp³-hybridized carbons (Fsp3) is 0.632. The minimum atomic E-state index is -3.35. The van der Waals surface area contributed by atoms with Gasteiger partial charge in [0.25, 0.3) is 5.91 Å². The molecule has 4 rings (SSSR count). The van der Waals surface area contributed by atoms with Crippen LogP contribution < -0.4 is 4.31 Å². The number of rotatable bonds is 3. The van der Waals surface area contributed by atoms with Gasteiger partial charge >= 0.3 is 0 Å². The molecule has 3 aliphatic heterocycles. The van der Waals surface area contributed by atoms with Gasteiger partial charge in [0.15, 0.2) is 9.84 Å². The van der Waals surface area contributed by atoms with Gasteiger partial charge in [-0.05, 0) is 43.5 Å². The lowest BCUT2D eigenvalue weighted by molar-refractivity contribution is 0.0587. The molecule has 0 bridgehead atoms. The lowest BCUT2D eigenvalue weighted by Gasteiger charge is -2.37. The lowest BCUT2D eigenvalue weighted by atomic mass is 10.1. The topological polar surface area (TPSA) is 95.1 Å². The SMILES string of the molecule is C[C@@H]1Cc2cc(C(=O)N3CCN([C@H]4CCS(=O)(=O)C4)CC3)ccc2N1S(C)(=O)=O. The van der Waals surface area contributed by atoms with Crippen molar-refractivity contribution in [2.45, 2.75) is 31.8 Å². The molecule has 2 fully saturated rings. The molecule has 29 heavy (non-hydrogen) atoms. The van der Waals surface area contributed by atoms with E-state index < -0.39 is 19.9 Å². The minimum Gasteiger partial charge on any atom is -0.336 e. The molecule has 0 aromatic heterocycles. The number of hydrogen-bond donors (Lipinski definition) is 0. The zero-order chi connectivity index (χ0) is 21.0. The van der Waals surface area contributed by atoms with Crippen molar-refractivity contribution in [3.63, 3.8) is 0 Å². The van der Waals surface area contributed by atoms with Crippen molar-refractivity contribution in [2.75, 3.05) is 48.2 Å². The monoisotopic (exact) mass is 441 g/mol. The summed E-state index contributed by atoms with van der Waals surface area (Å²) in [5.74, 6) is 0.423. The Morgan fingerprint density at radius 2 is 1.83 bits per heavy atom. The highest BCUT2D eigenvalue weighted by Crippen LogP contribution is 2.35. The van der Waals surface area contributed by atoms with Gasteiger partial charge in [0, 0.05) is 43.8 Å². The van der Waals surface area contributed by atoms with Crippen LogP contribution in [0.5, 0.6) is 0 Å². The van der Waals surface area contributed by atoms with E-state index in [0.29, 0.717) is 50.3 Å². The largest absolute Gasteiger partial charge is 0.336 e. The van der Waals surface area contributed by atoms with Gasteiger partial charge in [0.2, 0.25) is 10.0 Å². The predicted molar refractivity (Wildman–Crippen MR) is 111 cm³/mol. The highest BCUT2D eigenvalue weighted by molar-refractivity contribution is 7.92. The zero-order valence-corrected chi connectivity index (χ0v) is 18.4. The molecule has 8 nitrogen and oxygen atoms in total. The number of anilines is 1. The smallest absolute Gasteiger partial charge is 0.253 e. The number of fused-ring (bicyclic) bond motifs is 1. The predicted octanol–water partition coefficient (Wildman–Crippen LogP) is 0.342. The third-order valence-corrected chi connectivity index (χ3v) is 9.18. The van der Waals surface area contributed by atoms with E-state index in [-0.39, 0.29) is 29.5 Å². The first kappa shape index (κ1) is 20.6. The van der Waals surface area contributed by atoms with Gasteiger partial charge in [-0.3, -0.25) is 14.0 Å². The Bertz CT molecular complexity index is 1030. The fourth-order valence-corrected chi connectivity index (χ4v) is 7.80. The second-order valence-corrected chi connectivity index (χ2v) is 12.4. The Morgan fingerprint density at radius 1 is 1.14 bits per heavy atom. The van der Waals surface area contributed by atoms with Gasteiger partial charge in [-0.2, -0.15) is 0 Å². The van der Waals surface area contributed by atoms with Gasteiger partial charge < -0.3 is 4.90 Å². The first-order valence-corrected chi connectivity index (χ1v) is 13.6. The normalized spacial score (nSPS) is 27.2. The maximum atomic E-state index is 13.0. The van der Waals surface area contributed by atoms with Crippen LogP contribution in [0, 0.1) is 0 Å². The van der Waals surface area contributed by atoms with Gasteiger partial charge in [-0.25, -0.2) is 16.8 Å². The minimum absolute atomic E-state index is 0.0584. The molecular weight excluding hydrogens is 414 g/mol. The summed E-state index contributed by atoms with van der Waals surface area (Å²) >= 11 is 0. The molecule has 0 saturated carbocycles. The Labute approximate surface area is 172 Å². The summed E-state index contributed by atoms with van der Waals surface area (Å²) in [7, 11) is -6.26. The number of piperazine rings is 1. The highest BCUT2D eigenvalue weighted by atomic mass is 32.2. The van der Waals surface area contributed by atoms with E-state index in [9.17, 15) is 21.6 Å². The van der Waals surface area contributed by atoms with Gasteiger partial charge in [-0.15, -0.1) is 0 Å². The van der Waals surface area contributed by atoms with Crippen LogP contribution in [0.2, 0.25) is 0 Å². The van der Waals surface area contributed by atoms with Gasteiger partial charge in [-0.1, -0.05) is 0 Å². The Balaban J connectivity index is 1.43. The molecule has 3 aliphatic rings. The molecule has 0 radical (unpaired) electrons. The number of benzene rings is 1. The number of nitrogens with zero attached hydrogens (tertiary/aromatic N) is 3. The Morgan fingerprint density at radius 3 is 2.41 bits per heavy atom. The fourth-order valence-electron chi connectivity index (χ4n) is 4.78. The van der Waals surface area contributed by atoms with E-state index in [1.807, 2.05) is 13.0 Å². The average Bonchev–Trinajstić information content (AvgIpc) is 3.18. The van der Waals surface area contributed by atoms with Crippen molar-refractivity contribution in [2.24, 2.45) is 0 Å². The number of amides is 1. The summed E-state index contributed by atoms with van der Waals surface area (Å²) in [5, 5.41) is 0. The lowest BCUT2D eigenvalue weighted by Crippen LogP contribution is -2.52. The summed E-state index contributed by atoms with van der Waals surface area (Å²) in [4.78, 5) is 17.0. The summed E-state index contributed by atoms with van der Waals surface area (Å²) < 4.78 is 49.0. The first-order chi connectivity index (χ1) is 13.5. The molecule has 2 atom stereocenters. The zero-order valence-electron chi connectivity index (χ0n) is 16.7. The molecule has 0 unspecified atom stereocenters. The van der Waals surface area contributed by atoms with Gasteiger partial charge in [0.05, 0.1) is 23.4 Å².